The Morgan fingerprint density at radius 3 is 2.67 bits per heavy atom. The zero-order chi connectivity index (χ0) is 12.5. The second-order valence-electron chi connectivity index (χ2n) is 3.75. The van der Waals surface area contributed by atoms with Gasteiger partial charge in [0.05, 0.1) is 0 Å². The quantitative estimate of drug-likeness (QED) is 0.695. The van der Waals surface area contributed by atoms with Crippen LogP contribution in [0.5, 0.6) is 0 Å². The number of benzene rings is 1. The Morgan fingerprint density at radius 1 is 1.17 bits per heavy atom. The molecule has 3 rings (SSSR count). The second kappa shape index (κ2) is 4.27. The van der Waals surface area contributed by atoms with Gasteiger partial charge in [0.15, 0.2) is 5.82 Å². The average Bonchev–Trinajstić information content (AvgIpc) is 2.82. The molecule has 0 spiro atoms. The van der Waals surface area contributed by atoms with Gasteiger partial charge in [-0.3, -0.25) is 5.10 Å². The number of aromatic nitrogens is 4. The number of hydrogen-bond acceptors (Lipinski definition) is 4. The Kier molecular flexibility index (Phi) is 2.60. The van der Waals surface area contributed by atoms with Gasteiger partial charge in [0.25, 0.3) is 0 Å². The van der Waals surface area contributed by atoms with Crippen LogP contribution in [0.4, 0.5) is 5.82 Å². The highest BCUT2D eigenvalue weighted by atomic mass is 35.5. The number of hydrogen-bond donors (Lipinski definition) is 2. The minimum Gasteiger partial charge on any atom is -0.371 e. The van der Waals surface area contributed by atoms with Gasteiger partial charge in [0, 0.05) is 12.6 Å². The fourth-order valence-electron chi connectivity index (χ4n) is 1.85. The third-order valence-electron chi connectivity index (χ3n) is 2.67. The van der Waals surface area contributed by atoms with E-state index in [9.17, 15) is 0 Å². The summed E-state index contributed by atoms with van der Waals surface area (Å²) in [7, 11) is 1.78. The Balaban J connectivity index is 2.30. The van der Waals surface area contributed by atoms with E-state index in [1.165, 1.54) is 0 Å². The lowest BCUT2D eigenvalue weighted by atomic mass is 10.1. The summed E-state index contributed by atoms with van der Waals surface area (Å²) in [5, 5.41) is 10.4. The number of halogens is 1. The highest BCUT2D eigenvalue weighted by Crippen LogP contribution is 2.28. The van der Waals surface area contributed by atoms with E-state index in [0.29, 0.717) is 11.3 Å². The van der Waals surface area contributed by atoms with Crippen LogP contribution in [-0.2, 0) is 0 Å². The van der Waals surface area contributed by atoms with Gasteiger partial charge in [-0.25, -0.2) is 4.98 Å². The average molecular weight is 260 g/mol. The molecule has 5 nitrogen and oxygen atoms in total. The number of rotatable bonds is 2. The summed E-state index contributed by atoms with van der Waals surface area (Å²) in [5.74, 6) is 0.639. The SMILES string of the molecule is CNc1nc(Cl)nc2c(-c3ccccc3)n[nH]c12. The molecule has 90 valence electrons. The van der Waals surface area contributed by atoms with Crippen molar-refractivity contribution < 1.29 is 0 Å². The van der Waals surface area contributed by atoms with Crippen LogP contribution in [-0.4, -0.2) is 27.2 Å². The van der Waals surface area contributed by atoms with E-state index in [1.807, 2.05) is 30.3 Å². The van der Waals surface area contributed by atoms with Crippen molar-refractivity contribution in [2.45, 2.75) is 0 Å². The van der Waals surface area contributed by atoms with Gasteiger partial charge in [-0.2, -0.15) is 10.1 Å². The normalized spacial score (nSPS) is 10.8. The second-order valence-corrected chi connectivity index (χ2v) is 4.09. The molecule has 0 fully saturated rings. The molecule has 1 aromatic carbocycles. The Labute approximate surface area is 108 Å². The Morgan fingerprint density at radius 2 is 1.94 bits per heavy atom. The Bertz CT molecular complexity index is 692. The molecular weight excluding hydrogens is 250 g/mol. The lowest BCUT2D eigenvalue weighted by molar-refractivity contribution is 1.12. The van der Waals surface area contributed by atoms with Gasteiger partial charge in [-0.15, -0.1) is 0 Å². The van der Waals surface area contributed by atoms with Crippen molar-refractivity contribution in [3.05, 3.63) is 35.6 Å². The van der Waals surface area contributed by atoms with Crippen LogP contribution < -0.4 is 5.32 Å². The highest BCUT2D eigenvalue weighted by Gasteiger charge is 2.14. The van der Waals surface area contributed by atoms with E-state index in [0.717, 1.165) is 16.8 Å². The van der Waals surface area contributed by atoms with Gasteiger partial charge in [-0.05, 0) is 11.6 Å². The first-order valence-corrected chi connectivity index (χ1v) is 5.82. The van der Waals surface area contributed by atoms with Crippen LogP contribution in [0.2, 0.25) is 5.28 Å². The first-order valence-electron chi connectivity index (χ1n) is 5.44. The third kappa shape index (κ3) is 1.69. The molecule has 0 aliphatic heterocycles. The molecule has 18 heavy (non-hydrogen) atoms. The van der Waals surface area contributed by atoms with Crippen molar-refractivity contribution in [3.63, 3.8) is 0 Å². The van der Waals surface area contributed by atoms with Crippen molar-refractivity contribution in [3.8, 4) is 11.3 Å². The van der Waals surface area contributed by atoms with Gasteiger partial charge in [0.1, 0.15) is 16.7 Å². The van der Waals surface area contributed by atoms with Gasteiger partial charge < -0.3 is 5.32 Å². The molecule has 0 atom stereocenters. The number of nitrogens with zero attached hydrogens (tertiary/aromatic N) is 3. The lowest BCUT2D eigenvalue weighted by Crippen LogP contribution is -1.95. The summed E-state index contributed by atoms with van der Waals surface area (Å²) in [6.45, 7) is 0. The molecule has 0 aliphatic carbocycles. The van der Waals surface area contributed by atoms with E-state index < -0.39 is 0 Å². The zero-order valence-corrected chi connectivity index (χ0v) is 10.4. The van der Waals surface area contributed by atoms with Crippen LogP contribution in [0, 0.1) is 0 Å². The van der Waals surface area contributed by atoms with Crippen molar-refractivity contribution in [1.82, 2.24) is 20.2 Å². The standard InChI is InChI=1S/C12H10ClN5/c1-14-11-10-9(15-12(13)16-11)8(17-18-10)7-5-3-2-4-6-7/h2-6H,1H3,(H,17,18)(H,14,15,16). The first-order chi connectivity index (χ1) is 8.79. The predicted octanol–water partition coefficient (Wildman–Crippen LogP) is 2.71. The van der Waals surface area contributed by atoms with Gasteiger partial charge in [0.2, 0.25) is 5.28 Å². The van der Waals surface area contributed by atoms with E-state index >= 15 is 0 Å². The van der Waals surface area contributed by atoms with E-state index in [2.05, 4.69) is 25.5 Å². The monoisotopic (exact) mass is 259 g/mol. The predicted molar refractivity (Wildman–Crippen MR) is 71.7 cm³/mol. The summed E-state index contributed by atoms with van der Waals surface area (Å²) in [4.78, 5) is 8.34. The molecular formula is C12H10ClN5. The van der Waals surface area contributed by atoms with Gasteiger partial charge in [-0.1, -0.05) is 30.3 Å². The van der Waals surface area contributed by atoms with Crippen LogP contribution in [0.3, 0.4) is 0 Å². The van der Waals surface area contributed by atoms with E-state index in [4.69, 9.17) is 11.6 Å². The number of anilines is 1. The summed E-state index contributed by atoms with van der Waals surface area (Å²) in [6, 6.07) is 9.82. The van der Waals surface area contributed by atoms with Crippen molar-refractivity contribution in [2.24, 2.45) is 0 Å². The summed E-state index contributed by atoms with van der Waals surface area (Å²) in [6.07, 6.45) is 0. The molecule has 0 unspecified atom stereocenters. The fraction of sp³-hybridized carbons (Fsp3) is 0.0833. The molecule has 2 N–H and O–H groups in total. The number of H-pyrrole nitrogens is 1. The lowest BCUT2D eigenvalue weighted by Gasteiger charge is -2.01. The topological polar surface area (TPSA) is 66.5 Å². The minimum absolute atomic E-state index is 0.199. The van der Waals surface area contributed by atoms with E-state index in [-0.39, 0.29) is 5.28 Å². The molecule has 2 heterocycles. The molecule has 0 aliphatic rings. The smallest absolute Gasteiger partial charge is 0.225 e. The molecule has 3 aromatic rings. The molecule has 0 bridgehead atoms. The summed E-state index contributed by atoms with van der Waals surface area (Å²) in [5.41, 5.74) is 3.22. The van der Waals surface area contributed by atoms with Crippen LogP contribution in [0.15, 0.2) is 30.3 Å². The van der Waals surface area contributed by atoms with E-state index in [1.54, 1.807) is 7.05 Å². The maximum Gasteiger partial charge on any atom is 0.225 e. The van der Waals surface area contributed by atoms with Crippen molar-refractivity contribution in [2.75, 3.05) is 12.4 Å². The molecule has 6 heteroatoms. The summed E-state index contributed by atoms with van der Waals surface area (Å²) >= 11 is 5.92. The molecule has 0 saturated heterocycles. The van der Waals surface area contributed by atoms with Crippen molar-refractivity contribution in [1.29, 1.82) is 0 Å². The zero-order valence-electron chi connectivity index (χ0n) is 9.61. The number of aromatic amines is 1. The highest BCUT2D eigenvalue weighted by molar-refractivity contribution is 6.29. The van der Waals surface area contributed by atoms with Crippen LogP contribution in [0.1, 0.15) is 0 Å². The minimum atomic E-state index is 0.199. The van der Waals surface area contributed by atoms with Crippen molar-refractivity contribution >= 4 is 28.5 Å². The van der Waals surface area contributed by atoms with Crippen LogP contribution in [0.25, 0.3) is 22.3 Å². The fourth-order valence-corrected chi connectivity index (χ4v) is 2.02. The Hall–Kier alpha value is -2.14. The molecule has 0 amide bonds. The largest absolute Gasteiger partial charge is 0.371 e. The third-order valence-corrected chi connectivity index (χ3v) is 2.84. The first kappa shape index (κ1) is 11.0. The number of nitrogens with one attached hydrogen (secondary N) is 2. The summed E-state index contributed by atoms with van der Waals surface area (Å²) < 4.78 is 0. The molecule has 0 radical (unpaired) electrons. The van der Waals surface area contributed by atoms with Crippen LogP contribution >= 0.6 is 11.6 Å². The molecule has 0 saturated carbocycles. The van der Waals surface area contributed by atoms with Gasteiger partial charge >= 0.3 is 0 Å². The molecule has 2 aromatic heterocycles. The maximum atomic E-state index is 5.92. The maximum absolute atomic E-state index is 5.92. The number of fused-ring (bicyclic) bond motifs is 1.